The zero-order valence-corrected chi connectivity index (χ0v) is 15.0. The lowest BCUT2D eigenvalue weighted by Crippen LogP contribution is -2.37. The molecule has 0 fully saturated rings. The summed E-state index contributed by atoms with van der Waals surface area (Å²) in [5.41, 5.74) is 3.54. The molecule has 0 spiro atoms. The number of rotatable bonds is 7. The molecular formula is C20H24N6. The molecule has 1 aromatic carbocycles. The van der Waals surface area contributed by atoms with Crippen molar-refractivity contribution in [1.29, 1.82) is 0 Å². The average molecular weight is 348 g/mol. The fourth-order valence-corrected chi connectivity index (χ4v) is 2.61. The monoisotopic (exact) mass is 348 g/mol. The largest absolute Gasteiger partial charge is 0.356 e. The molecule has 0 saturated heterocycles. The van der Waals surface area contributed by atoms with Crippen LogP contribution in [-0.4, -0.2) is 34.1 Å². The Labute approximate surface area is 154 Å². The molecule has 0 unspecified atom stereocenters. The molecule has 6 nitrogen and oxygen atoms in total. The van der Waals surface area contributed by atoms with Gasteiger partial charge in [0.15, 0.2) is 5.96 Å². The zero-order valence-electron chi connectivity index (χ0n) is 15.0. The van der Waals surface area contributed by atoms with E-state index in [-0.39, 0.29) is 0 Å². The highest BCUT2D eigenvalue weighted by atomic mass is 15.2. The van der Waals surface area contributed by atoms with E-state index in [4.69, 9.17) is 0 Å². The van der Waals surface area contributed by atoms with E-state index in [1.54, 1.807) is 13.2 Å². The van der Waals surface area contributed by atoms with Crippen molar-refractivity contribution in [1.82, 2.24) is 25.2 Å². The third-order valence-corrected chi connectivity index (χ3v) is 4.03. The summed E-state index contributed by atoms with van der Waals surface area (Å²) < 4.78 is 2.06. The lowest BCUT2D eigenvalue weighted by molar-refractivity contribution is 0.781. The van der Waals surface area contributed by atoms with Crippen molar-refractivity contribution in [2.24, 2.45) is 4.99 Å². The van der Waals surface area contributed by atoms with Gasteiger partial charge < -0.3 is 15.2 Å². The first-order valence-corrected chi connectivity index (χ1v) is 8.71. The van der Waals surface area contributed by atoms with E-state index in [1.165, 1.54) is 11.1 Å². The highest BCUT2D eigenvalue weighted by molar-refractivity contribution is 5.79. The summed E-state index contributed by atoms with van der Waals surface area (Å²) in [5.74, 6) is 0.795. The molecule has 2 aromatic heterocycles. The van der Waals surface area contributed by atoms with Crippen LogP contribution in [0.3, 0.4) is 0 Å². The lowest BCUT2D eigenvalue weighted by atomic mass is 10.1. The molecule has 26 heavy (non-hydrogen) atoms. The summed E-state index contributed by atoms with van der Waals surface area (Å²) in [7, 11) is 1.78. The number of guanidine groups is 1. The Morgan fingerprint density at radius 2 is 1.88 bits per heavy atom. The number of pyridine rings is 1. The molecular weight excluding hydrogens is 324 g/mol. The Bertz CT molecular complexity index is 794. The second-order valence-corrected chi connectivity index (χ2v) is 5.98. The summed E-state index contributed by atoms with van der Waals surface area (Å²) in [4.78, 5) is 12.7. The first kappa shape index (κ1) is 17.7. The number of hydrogen-bond acceptors (Lipinski definition) is 3. The Hall–Kier alpha value is -3.15. The molecule has 3 aromatic rings. The molecule has 0 aliphatic heterocycles. The van der Waals surface area contributed by atoms with Gasteiger partial charge in [-0.1, -0.05) is 30.3 Å². The lowest BCUT2D eigenvalue weighted by Gasteiger charge is -2.12. The van der Waals surface area contributed by atoms with Gasteiger partial charge in [0.2, 0.25) is 0 Å². The van der Waals surface area contributed by atoms with E-state index in [0.717, 1.165) is 37.7 Å². The van der Waals surface area contributed by atoms with Gasteiger partial charge in [-0.15, -0.1) is 0 Å². The van der Waals surface area contributed by atoms with E-state index in [2.05, 4.69) is 54.4 Å². The zero-order chi connectivity index (χ0) is 18.0. The van der Waals surface area contributed by atoms with Gasteiger partial charge in [0.25, 0.3) is 0 Å². The maximum Gasteiger partial charge on any atom is 0.191 e. The number of aliphatic imine (C=N–C) groups is 1. The smallest absolute Gasteiger partial charge is 0.191 e. The first-order valence-electron chi connectivity index (χ1n) is 8.71. The molecule has 0 aliphatic carbocycles. The van der Waals surface area contributed by atoms with Crippen molar-refractivity contribution in [3.8, 4) is 0 Å². The van der Waals surface area contributed by atoms with Crippen LogP contribution in [0.1, 0.15) is 16.8 Å². The van der Waals surface area contributed by atoms with Gasteiger partial charge >= 0.3 is 0 Å². The number of benzene rings is 1. The fraction of sp³-hybridized carbons (Fsp3) is 0.250. The highest BCUT2D eigenvalue weighted by Crippen LogP contribution is 2.06. The predicted molar refractivity (Wildman–Crippen MR) is 104 cm³/mol. The minimum Gasteiger partial charge on any atom is -0.356 e. The van der Waals surface area contributed by atoms with E-state index in [9.17, 15) is 0 Å². The maximum atomic E-state index is 4.32. The van der Waals surface area contributed by atoms with Crippen LogP contribution < -0.4 is 10.6 Å². The van der Waals surface area contributed by atoms with Crippen LogP contribution in [-0.2, 0) is 19.5 Å². The van der Waals surface area contributed by atoms with Crippen molar-refractivity contribution >= 4 is 5.96 Å². The van der Waals surface area contributed by atoms with Gasteiger partial charge in [-0.05, 0) is 23.3 Å². The third-order valence-electron chi connectivity index (χ3n) is 4.03. The van der Waals surface area contributed by atoms with Crippen LogP contribution in [0.4, 0.5) is 0 Å². The van der Waals surface area contributed by atoms with Crippen molar-refractivity contribution in [3.63, 3.8) is 0 Å². The van der Waals surface area contributed by atoms with Crippen molar-refractivity contribution in [3.05, 3.63) is 84.2 Å². The van der Waals surface area contributed by atoms with Gasteiger partial charge in [-0.3, -0.25) is 9.98 Å². The standard InChI is InChI=1S/C20H24N6/c1-21-20(24-11-9-19-4-2-3-10-23-19)25-14-17-5-7-18(8-6-17)15-26-13-12-22-16-26/h2-8,10,12-13,16H,9,11,14-15H2,1H3,(H2,21,24,25). The second-order valence-electron chi connectivity index (χ2n) is 5.98. The molecule has 0 bridgehead atoms. The van der Waals surface area contributed by atoms with E-state index in [0.29, 0.717) is 0 Å². The van der Waals surface area contributed by atoms with Crippen LogP contribution in [0.15, 0.2) is 72.4 Å². The third kappa shape index (κ3) is 5.44. The fourth-order valence-electron chi connectivity index (χ4n) is 2.61. The molecule has 0 aliphatic rings. The number of aromatic nitrogens is 3. The first-order chi connectivity index (χ1) is 12.8. The number of nitrogens with one attached hydrogen (secondary N) is 2. The summed E-state index contributed by atoms with van der Waals surface area (Å²) in [6, 6.07) is 14.5. The Kier molecular flexibility index (Phi) is 6.36. The van der Waals surface area contributed by atoms with Gasteiger partial charge in [-0.2, -0.15) is 0 Å². The summed E-state index contributed by atoms with van der Waals surface area (Å²) in [5, 5.41) is 6.66. The predicted octanol–water partition coefficient (Wildman–Crippen LogP) is 2.23. The van der Waals surface area contributed by atoms with Crippen molar-refractivity contribution in [2.75, 3.05) is 13.6 Å². The van der Waals surface area contributed by atoms with E-state index in [1.807, 2.05) is 36.9 Å². The van der Waals surface area contributed by atoms with Crippen LogP contribution >= 0.6 is 0 Å². The molecule has 2 N–H and O–H groups in total. The summed E-state index contributed by atoms with van der Waals surface area (Å²) in [6.07, 6.45) is 8.28. The molecule has 0 atom stereocenters. The SMILES string of the molecule is CN=C(NCCc1ccccn1)NCc1ccc(Cn2ccnc2)cc1. The van der Waals surface area contributed by atoms with Crippen molar-refractivity contribution < 1.29 is 0 Å². The molecule has 134 valence electrons. The van der Waals surface area contributed by atoms with Crippen LogP contribution in [0, 0.1) is 0 Å². The number of nitrogens with zero attached hydrogens (tertiary/aromatic N) is 4. The molecule has 0 amide bonds. The molecule has 0 saturated carbocycles. The Balaban J connectivity index is 1.43. The minimum absolute atomic E-state index is 0.731. The molecule has 0 radical (unpaired) electrons. The van der Waals surface area contributed by atoms with Crippen LogP contribution in [0.2, 0.25) is 0 Å². The van der Waals surface area contributed by atoms with E-state index >= 15 is 0 Å². The van der Waals surface area contributed by atoms with Crippen LogP contribution in [0.25, 0.3) is 0 Å². The number of imidazole rings is 1. The second kappa shape index (κ2) is 9.36. The van der Waals surface area contributed by atoms with Gasteiger partial charge in [-0.25, -0.2) is 4.98 Å². The highest BCUT2D eigenvalue weighted by Gasteiger charge is 2.00. The van der Waals surface area contributed by atoms with Gasteiger partial charge in [0.05, 0.1) is 6.33 Å². The van der Waals surface area contributed by atoms with Crippen molar-refractivity contribution in [2.45, 2.75) is 19.5 Å². The topological polar surface area (TPSA) is 67.1 Å². The Morgan fingerprint density at radius 3 is 2.58 bits per heavy atom. The normalized spacial score (nSPS) is 11.3. The van der Waals surface area contributed by atoms with Crippen LogP contribution in [0.5, 0.6) is 0 Å². The molecule has 6 heteroatoms. The Morgan fingerprint density at radius 1 is 1.04 bits per heavy atom. The summed E-state index contributed by atoms with van der Waals surface area (Å²) >= 11 is 0. The molecule has 2 heterocycles. The maximum absolute atomic E-state index is 4.32. The molecule has 3 rings (SSSR count). The summed E-state index contributed by atoms with van der Waals surface area (Å²) in [6.45, 7) is 2.36. The average Bonchev–Trinajstić information content (AvgIpc) is 3.19. The van der Waals surface area contributed by atoms with Gasteiger partial charge in [0.1, 0.15) is 0 Å². The van der Waals surface area contributed by atoms with E-state index < -0.39 is 0 Å². The number of hydrogen-bond donors (Lipinski definition) is 2. The minimum atomic E-state index is 0.731. The van der Waals surface area contributed by atoms with Gasteiger partial charge in [0, 0.05) is 57.4 Å². The quantitative estimate of drug-likeness (QED) is 0.508.